The number of piperidine rings is 1. The molecule has 2 bridgehead atoms. The second-order valence-corrected chi connectivity index (χ2v) is 10.8. The van der Waals surface area contributed by atoms with Gasteiger partial charge >= 0.3 is 0 Å². The number of fused-ring (bicyclic) bond motifs is 4. The Hall–Kier alpha value is -1.40. The third kappa shape index (κ3) is 4.54. The first-order valence-electron chi connectivity index (χ1n) is 10.2. The largest absolute Gasteiger partial charge is 0.341 e. The van der Waals surface area contributed by atoms with E-state index in [1.165, 1.54) is 32.2 Å². The van der Waals surface area contributed by atoms with Crippen LogP contribution in [0.25, 0.3) is 0 Å². The van der Waals surface area contributed by atoms with Crippen molar-refractivity contribution in [1.82, 2.24) is 9.80 Å². The fourth-order valence-corrected chi connectivity index (χ4v) is 5.71. The Kier molecular flexibility index (Phi) is 5.30. The summed E-state index contributed by atoms with van der Waals surface area (Å²) in [5, 5.41) is 0. The van der Waals surface area contributed by atoms with E-state index in [2.05, 4.69) is 4.90 Å². The quantitative estimate of drug-likeness (QED) is 0.749. The van der Waals surface area contributed by atoms with Crippen LogP contribution < -0.4 is 0 Å². The minimum Gasteiger partial charge on any atom is -0.341 e. The molecule has 1 aliphatic carbocycles. The normalized spacial score (nSPS) is 26.2. The smallest absolute Gasteiger partial charge is 0.223 e. The van der Waals surface area contributed by atoms with Gasteiger partial charge in [-0.1, -0.05) is 17.7 Å². The standard InChI is InChI=1S/C21H30N2O3S/c1-16-2-8-20(9-3-16)27(25,26)11-10-21(24)23-14-18-6-7-19(15-23)22(13-18)12-17-4-5-17/h2-3,8-9,17-19H,4-7,10-15H2,1H3/t18-,19-/m1/s1. The molecule has 5 rings (SSSR count). The first kappa shape index (κ1) is 18.9. The lowest BCUT2D eigenvalue weighted by atomic mass is 9.95. The summed E-state index contributed by atoms with van der Waals surface area (Å²) in [6.45, 7) is 5.78. The number of carbonyl (C=O) groups is 1. The van der Waals surface area contributed by atoms with Crippen LogP contribution >= 0.6 is 0 Å². The second kappa shape index (κ2) is 7.55. The van der Waals surface area contributed by atoms with Crippen molar-refractivity contribution in [3.63, 3.8) is 0 Å². The van der Waals surface area contributed by atoms with Crippen LogP contribution in [0.5, 0.6) is 0 Å². The monoisotopic (exact) mass is 390 g/mol. The molecule has 27 heavy (non-hydrogen) atoms. The van der Waals surface area contributed by atoms with Gasteiger partial charge in [-0.25, -0.2) is 8.42 Å². The van der Waals surface area contributed by atoms with Gasteiger partial charge in [0.25, 0.3) is 0 Å². The van der Waals surface area contributed by atoms with Crippen molar-refractivity contribution < 1.29 is 13.2 Å². The van der Waals surface area contributed by atoms with Crippen molar-refractivity contribution in [2.24, 2.45) is 11.8 Å². The zero-order chi connectivity index (χ0) is 19.0. The molecule has 5 nitrogen and oxygen atoms in total. The van der Waals surface area contributed by atoms with E-state index in [-0.39, 0.29) is 18.1 Å². The van der Waals surface area contributed by atoms with Gasteiger partial charge in [0.15, 0.2) is 9.84 Å². The van der Waals surface area contributed by atoms with E-state index in [4.69, 9.17) is 0 Å². The van der Waals surface area contributed by atoms with E-state index in [0.717, 1.165) is 31.1 Å². The van der Waals surface area contributed by atoms with Crippen LogP contribution in [-0.4, -0.2) is 62.1 Å². The van der Waals surface area contributed by atoms with Gasteiger partial charge in [0.1, 0.15) is 0 Å². The Balaban J connectivity index is 1.36. The van der Waals surface area contributed by atoms with Crippen molar-refractivity contribution in [3.05, 3.63) is 29.8 Å². The summed E-state index contributed by atoms with van der Waals surface area (Å²) in [7, 11) is -3.41. The van der Waals surface area contributed by atoms with Crippen molar-refractivity contribution in [2.75, 3.05) is 31.9 Å². The molecule has 1 aromatic rings. The Morgan fingerprint density at radius 3 is 2.48 bits per heavy atom. The lowest BCUT2D eigenvalue weighted by Crippen LogP contribution is -2.45. The second-order valence-electron chi connectivity index (χ2n) is 8.68. The van der Waals surface area contributed by atoms with E-state index >= 15 is 0 Å². The van der Waals surface area contributed by atoms with Crippen molar-refractivity contribution in [1.29, 1.82) is 0 Å². The number of carbonyl (C=O) groups excluding carboxylic acids is 1. The molecule has 1 saturated carbocycles. The molecule has 0 spiro atoms. The maximum absolute atomic E-state index is 12.8. The first-order chi connectivity index (χ1) is 12.9. The highest BCUT2D eigenvalue weighted by molar-refractivity contribution is 7.91. The number of hydrogen-bond acceptors (Lipinski definition) is 4. The summed E-state index contributed by atoms with van der Waals surface area (Å²) >= 11 is 0. The first-order valence-corrected chi connectivity index (χ1v) is 11.9. The molecule has 6 heteroatoms. The molecular weight excluding hydrogens is 360 g/mol. The molecule has 3 heterocycles. The Morgan fingerprint density at radius 2 is 1.78 bits per heavy atom. The molecule has 0 aromatic heterocycles. The average molecular weight is 391 g/mol. The van der Waals surface area contributed by atoms with Crippen LogP contribution in [0.2, 0.25) is 0 Å². The van der Waals surface area contributed by atoms with Crippen LogP contribution in [0.3, 0.4) is 0 Å². The van der Waals surface area contributed by atoms with E-state index in [0.29, 0.717) is 16.9 Å². The fraction of sp³-hybridized carbons (Fsp3) is 0.667. The third-order valence-corrected chi connectivity index (χ3v) is 8.07. The van der Waals surface area contributed by atoms with E-state index in [1.54, 1.807) is 24.3 Å². The van der Waals surface area contributed by atoms with Gasteiger partial charge in [-0.3, -0.25) is 9.69 Å². The number of sulfone groups is 1. The van der Waals surface area contributed by atoms with Gasteiger partial charge in [0.2, 0.25) is 5.91 Å². The summed E-state index contributed by atoms with van der Waals surface area (Å²) in [5.74, 6) is 1.30. The van der Waals surface area contributed by atoms with E-state index in [9.17, 15) is 13.2 Å². The molecule has 4 aliphatic rings. The van der Waals surface area contributed by atoms with Crippen molar-refractivity contribution in [3.8, 4) is 0 Å². The SMILES string of the molecule is Cc1ccc(S(=O)(=O)CCC(=O)N2C[C@@H]3CC[C@H](C2)N(CC2CC2)C3)cc1. The van der Waals surface area contributed by atoms with Gasteiger partial charge in [0.05, 0.1) is 10.6 Å². The van der Waals surface area contributed by atoms with Crippen LogP contribution in [0.1, 0.15) is 37.7 Å². The zero-order valence-electron chi connectivity index (χ0n) is 16.1. The predicted molar refractivity (Wildman–Crippen MR) is 105 cm³/mol. The average Bonchev–Trinajstić information content (AvgIpc) is 3.48. The van der Waals surface area contributed by atoms with Crippen LogP contribution in [-0.2, 0) is 14.6 Å². The molecule has 3 saturated heterocycles. The number of rotatable bonds is 6. The maximum atomic E-state index is 12.8. The number of nitrogens with zero attached hydrogens (tertiary/aromatic N) is 2. The third-order valence-electron chi connectivity index (χ3n) is 6.33. The molecule has 0 unspecified atom stereocenters. The molecule has 0 radical (unpaired) electrons. The molecular formula is C21H30N2O3S. The van der Waals surface area contributed by atoms with Gasteiger partial charge in [0, 0.05) is 38.6 Å². The van der Waals surface area contributed by atoms with Gasteiger partial charge in [-0.05, 0) is 56.6 Å². The van der Waals surface area contributed by atoms with Gasteiger partial charge < -0.3 is 4.90 Å². The Labute approximate surface area is 162 Å². The number of benzene rings is 1. The zero-order valence-corrected chi connectivity index (χ0v) is 17.0. The van der Waals surface area contributed by atoms with Crippen molar-refractivity contribution >= 4 is 15.7 Å². The molecule has 3 aliphatic heterocycles. The van der Waals surface area contributed by atoms with E-state index in [1.807, 2.05) is 11.8 Å². The topological polar surface area (TPSA) is 57.7 Å². The maximum Gasteiger partial charge on any atom is 0.223 e. The summed E-state index contributed by atoms with van der Waals surface area (Å²) in [4.78, 5) is 17.6. The fourth-order valence-electron chi connectivity index (χ4n) is 4.48. The minimum atomic E-state index is -3.41. The van der Waals surface area contributed by atoms with Crippen LogP contribution in [0, 0.1) is 18.8 Å². The number of aryl methyl sites for hydroxylation is 1. The molecule has 148 valence electrons. The molecule has 0 N–H and O–H groups in total. The number of amides is 1. The lowest BCUT2D eigenvalue weighted by molar-refractivity contribution is -0.131. The summed E-state index contributed by atoms with van der Waals surface area (Å²) < 4.78 is 25.1. The molecule has 4 fully saturated rings. The minimum absolute atomic E-state index is 0.00383. The molecule has 1 aromatic carbocycles. The highest BCUT2D eigenvalue weighted by atomic mass is 32.2. The highest BCUT2D eigenvalue weighted by Crippen LogP contribution is 2.35. The number of hydrogen-bond donors (Lipinski definition) is 0. The van der Waals surface area contributed by atoms with E-state index < -0.39 is 9.84 Å². The Morgan fingerprint density at radius 1 is 1.04 bits per heavy atom. The summed E-state index contributed by atoms with van der Waals surface area (Å²) in [6, 6.07) is 7.33. The van der Waals surface area contributed by atoms with Crippen LogP contribution in [0.4, 0.5) is 0 Å². The lowest BCUT2D eigenvalue weighted by Gasteiger charge is -2.36. The molecule has 2 atom stereocenters. The van der Waals surface area contributed by atoms with Crippen molar-refractivity contribution in [2.45, 2.75) is 50.0 Å². The van der Waals surface area contributed by atoms with Gasteiger partial charge in [-0.15, -0.1) is 0 Å². The Bertz CT molecular complexity index is 786. The summed E-state index contributed by atoms with van der Waals surface area (Å²) in [6.07, 6.45) is 5.15. The summed E-state index contributed by atoms with van der Waals surface area (Å²) in [5.41, 5.74) is 1.03. The highest BCUT2D eigenvalue weighted by Gasteiger charge is 2.38. The van der Waals surface area contributed by atoms with Crippen LogP contribution in [0.15, 0.2) is 29.2 Å². The predicted octanol–water partition coefficient (Wildman–Crippen LogP) is 2.49. The molecule has 1 amide bonds. The van der Waals surface area contributed by atoms with Gasteiger partial charge in [-0.2, -0.15) is 0 Å².